The molecule has 66 valence electrons. The van der Waals surface area contributed by atoms with Gasteiger partial charge >= 0.3 is 0 Å². The molecule has 13 heavy (non-hydrogen) atoms. The summed E-state index contributed by atoms with van der Waals surface area (Å²) in [5, 5.41) is 1.01. The van der Waals surface area contributed by atoms with Gasteiger partial charge in [-0.2, -0.15) is 0 Å². The van der Waals surface area contributed by atoms with E-state index in [0.717, 1.165) is 21.8 Å². The van der Waals surface area contributed by atoms with E-state index < -0.39 is 0 Å². The molecule has 1 heterocycles. The summed E-state index contributed by atoms with van der Waals surface area (Å²) < 4.78 is 0. The minimum Gasteiger partial charge on any atom is -0.249 e. The van der Waals surface area contributed by atoms with Gasteiger partial charge in [0.05, 0.1) is 16.7 Å². The second-order valence-electron chi connectivity index (χ2n) is 2.81. The number of aryl methyl sites for hydroxylation is 1. The second-order valence-corrected chi connectivity index (χ2v) is 3.60. The fraction of sp³-hybridized carbons (Fsp3) is 0.200. The lowest BCUT2D eigenvalue weighted by Gasteiger charge is -2.02. The highest BCUT2D eigenvalue weighted by molar-refractivity contribution is 7.98. The van der Waals surface area contributed by atoms with Crippen LogP contribution in [0.15, 0.2) is 29.3 Å². The van der Waals surface area contributed by atoms with E-state index in [1.807, 2.05) is 37.4 Å². The van der Waals surface area contributed by atoms with E-state index in [9.17, 15) is 0 Å². The maximum atomic E-state index is 4.49. The fourth-order valence-electron chi connectivity index (χ4n) is 1.27. The predicted octanol–water partition coefficient (Wildman–Crippen LogP) is 2.66. The summed E-state index contributed by atoms with van der Waals surface area (Å²) >= 11 is 1.64. The van der Waals surface area contributed by atoms with Crippen molar-refractivity contribution in [3.8, 4) is 0 Å². The van der Waals surface area contributed by atoms with Crippen LogP contribution < -0.4 is 0 Å². The third kappa shape index (κ3) is 1.52. The first-order valence-electron chi connectivity index (χ1n) is 4.08. The number of rotatable bonds is 1. The van der Waals surface area contributed by atoms with Crippen LogP contribution in [-0.2, 0) is 0 Å². The maximum absolute atomic E-state index is 4.49. The fourth-order valence-corrected chi connectivity index (χ4v) is 1.80. The van der Waals surface area contributed by atoms with Crippen LogP contribution in [-0.4, -0.2) is 16.2 Å². The molecule has 0 aliphatic carbocycles. The van der Waals surface area contributed by atoms with Crippen molar-refractivity contribution in [3.05, 3.63) is 30.0 Å². The van der Waals surface area contributed by atoms with Crippen molar-refractivity contribution in [2.24, 2.45) is 0 Å². The van der Waals surface area contributed by atoms with Crippen molar-refractivity contribution in [3.63, 3.8) is 0 Å². The van der Waals surface area contributed by atoms with E-state index in [2.05, 4.69) is 9.97 Å². The van der Waals surface area contributed by atoms with Crippen LogP contribution >= 0.6 is 11.8 Å². The summed E-state index contributed by atoms with van der Waals surface area (Å²) in [4.78, 5) is 8.96. The number of para-hydroxylation sites is 2. The highest BCUT2D eigenvalue weighted by Crippen LogP contribution is 2.18. The van der Waals surface area contributed by atoms with Gasteiger partial charge in [-0.1, -0.05) is 12.1 Å². The lowest BCUT2D eigenvalue weighted by molar-refractivity contribution is 1.04. The van der Waals surface area contributed by atoms with Gasteiger partial charge in [0.15, 0.2) is 0 Å². The molecule has 2 aromatic rings. The third-order valence-electron chi connectivity index (χ3n) is 1.89. The van der Waals surface area contributed by atoms with Gasteiger partial charge in [0, 0.05) is 0 Å². The van der Waals surface area contributed by atoms with Gasteiger partial charge in [0.25, 0.3) is 0 Å². The zero-order valence-corrected chi connectivity index (χ0v) is 8.43. The Balaban J connectivity index is 2.74. The topological polar surface area (TPSA) is 25.8 Å². The average Bonchev–Trinajstić information content (AvgIpc) is 2.17. The lowest BCUT2D eigenvalue weighted by Crippen LogP contribution is -1.91. The number of nitrogens with zero attached hydrogens (tertiary/aromatic N) is 2. The first-order valence-corrected chi connectivity index (χ1v) is 5.31. The molecule has 2 nitrogen and oxygen atoms in total. The average molecular weight is 190 g/mol. The molecule has 0 saturated carbocycles. The normalized spacial score (nSPS) is 10.6. The van der Waals surface area contributed by atoms with Gasteiger partial charge in [0.2, 0.25) is 0 Å². The highest BCUT2D eigenvalue weighted by Gasteiger charge is 2.02. The minimum atomic E-state index is 0.970. The third-order valence-corrected chi connectivity index (χ3v) is 2.67. The van der Waals surface area contributed by atoms with Gasteiger partial charge in [-0.25, -0.2) is 9.97 Å². The van der Waals surface area contributed by atoms with Gasteiger partial charge < -0.3 is 0 Å². The van der Waals surface area contributed by atoms with Gasteiger partial charge in [-0.15, -0.1) is 11.8 Å². The van der Waals surface area contributed by atoms with Crippen LogP contribution in [0.1, 0.15) is 5.69 Å². The molecular formula is C10H10N2S. The minimum absolute atomic E-state index is 0.970. The number of thioether (sulfide) groups is 1. The van der Waals surface area contributed by atoms with Crippen molar-refractivity contribution >= 4 is 22.8 Å². The molecule has 0 N–H and O–H groups in total. The van der Waals surface area contributed by atoms with Crippen LogP contribution in [0.2, 0.25) is 0 Å². The van der Waals surface area contributed by atoms with Crippen LogP contribution in [0.25, 0.3) is 11.0 Å². The number of hydrogen-bond acceptors (Lipinski definition) is 3. The molecule has 0 saturated heterocycles. The second kappa shape index (κ2) is 3.34. The van der Waals surface area contributed by atoms with Crippen LogP contribution in [0.4, 0.5) is 0 Å². The van der Waals surface area contributed by atoms with E-state index in [0.29, 0.717) is 0 Å². The Bertz CT molecular complexity index is 440. The Labute approximate surface area is 81.4 Å². The molecule has 0 atom stereocenters. The Hall–Kier alpha value is -1.09. The molecule has 0 amide bonds. The van der Waals surface area contributed by atoms with Gasteiger partial charge in [-0.05, 0) is 25.3 Å². The molecule has 0 spiro atoms. The van der Waals surface area contributed by atoms with E-state index in [1.165, 1.54) is 0 Å². The van der Waals surface area contributed by atoms with Crippen molar-refractivity contribution < 1.29 is 0 Å². The molecule has 0 fully saturated rings. The SMILES string of the molecule is CSc1nc2ccccc2nc1C. The molecule has 0 radical (unpaired) electrons. The van der Waals surface area contributed by atoms with E-state index in [1.54, 1.807) is 11.8 Å². The number of benzene rings is 1. The zero-order chi connectivity index (χ0) is 9.26. The maximum Gasteiger partial charge on any atom is 0.118 e. The quantitative estimate of drug-likeness (QED) is 0.646. The zero-order valence-electron chi connectivity index (χ0n) is 7.61. The predicted molar refractivity (Wildman–Crippen MR) is 56.1 cm³/mol. The standard InChI is InChI=1S/C10H10N2S/c1-7-10(13-2)12-9-6-4-3-5-8(9)11-7/h3-6H,1-2H3. The summed E-state index contributed by atoms with van der Waals surface area (Å²) in [5.74, 6) is 0. The summed E-state index contributed by atoms with van der Waals surface area (Å²) in [5.41, 5.74) is 2.95. The van der Waals surface area contributed by atoms with Crippen molar-refractivity contribution in [1.29, 1.82) is 0 Å². The molecule has 2 rings (SSSR count). The molecule has 0 bridgehead atoms. The number of hydrogen-bond donors (Lipinski definition) is 0. The lowest BCUT2D eigenvalue weighted by atomic mass is 10.3. The smallest absolute Gasteiger partial charge is 0.118 e. The molecule has 0 unspecified atom stereocenters. The number of fused-ring (bicyclic) bond motifs is 1. The summed E-state index contributed by atoms with van der Waals surface area (Å²) in [6.07, 6.45) is 2.02. The number of aromatic nitrogens is 2. The van der Waals surface area contributed by atoms with Gasteiger partial charge in [-0.3, -0.25) is 0 Å². The summed E-state index contributed by atoms with van der Waals surface area (Å²) in [6, 6.07) is 7.94. The van der Waals surface area contributed by atoms with Crippen molar-refractivity contribution in [2.75, 3.05) is 6.26 Å². The Morgan fingerprint density at radius 3 is 2.31 bits per heavy atom. The van der Waals surface area contributed by atoms with Crippen molar-refractivity contribution in [2.45, 2.75) is 11.9 Å². The molecule has 3 heteroatoms. The van der Waals surface area contributed by atoms with E-state index >= 15 is 0 Å². The monoisotopic (exact) mass is 190 g/mol. The highest BCUT2D eigenvalue weighted by atomic mass is 32.2. The molecule has 0 aliphatic rings. The van der Waals surface area contributed by atoms with Crippen LogP contribution in [0.3, 0.4) is 0 Å². The van der Waals surface area contributed by atoms with E-state index in [4.69, 9.17) is 0 Å². The summed E-state index contributed by atoms with van der Waals surface area (Å²) in [7, 11) is 0. The first-order chi connectivity index (χ1) is 6.31. The van der Waals surface area contributed by atoms with Crippen molar-refractivity contribution in [1.82, 2.24) is 9.97 Å². The molecule has 1 aromatic carbocycles. The van der Waals surface area contributed by atoms with E-state index in [-0.39, 0.29) is 0 Å². The summed E-state index contributed by atoms with van der Waals surface area (Å²) in [6.45, 7) is 1.99. The van der Waals surface area contributed by atoms with Crippen LogP contribution in [0.5, 0.6) is 0 Å². The van der Waals surface area contributed by atoms with Crippen LogP contribution in [0, 0.1) is 6.92 Å². The molecule has 0 aliphatic heterocycles. The Kier molecular flexibility index (Phi) is 2.19. The Morgan fingerprint density at radius 2 is 1.69 bits per heavy atom. The largest absolute Gasteiger partial charge is 0.249 e. The molecule has 1 aromatic heterocycles. The first kappa shape index (κ1) is 8.51. The molecular weight excluding hydrogens is 180 g/mol. The van der Waals surface area contributed by atoms with Gasteiger partial charge in [0.1, 0.15) is 5.03 Å². The Morgan fingerprint density at radius 1 is 1.08 bits per heavy atom.